The summed E-state index contributed by atoms with van der Waals surface area (Å²) >= 11 is 4.55. The highest BCUT2D eigenvalue weighted by molar-refractivity contribution is 8.40. The van der Waals surface area contributed by atoms with Crippen LogP contribution in [0.25, 0.3) is 0 Å². The maximum atomic E-state index is 12.6. The van der Waals surface area contributed by atoms with Crippen molar-refractivity contribution in [1.82, 2.24) is 0 Å². The first-order chi connectivity index (χ1) is 7.05. The van der Waals surface area contributed by atoms with Gasteiger partial charge in [0, 0.05) is 0 Å². The molecule has 92 valence electrons. The SMILES string of the molecule is CCOP(=O)(OCC)C(SC)(SC)SC. The molecule has 0 amide bonds. The standard InChI is InChI=1S/C8H19O3PS3/c1-6-10-12(9,11-7-2)8(13-3,14-4)15-5/h6-7H2,1-5H3. The van der Waals surface area contributed by atoms with Gasteiger partial charge in [-0.3, -0.25) is 4.57 Å². The van der Waals surface area contributed by atoms with Gasteiger partial charge in [-0.1, -0.05) is 0 Å². The molecule has 15 heavy (non-hydrogen) atoms. The molecule has 0 rings (SSSR count). The molecule has 0 saturated carbocycles. The maximum Gasteiger partial charge on any atom is 0.366 e. The van der Waals surface area contributed by atoms with Crippen molar-refractivity contribution >= 4 is 42.9 Å². The van der Waals surface area contributed by atoms with Crippen molar-refractivity contribution in [2.75, 3.05) is 32.0 Å². The van der Waals surface area contributed by atoms with E-state index in [0.717, 1.165) is 0 Å². The van der Waals surface area contributed by atoms with Gasteiger partial charge in [0.2, 0.25) is 3.15 Å². The largest absolute Gasteiger partial charge is 0.366 e. The van der Waals surface area contributed by atoms with E-state index in [4.69, 9.17) is 9.05 Å². The Morgan fingerprint density at radius 1 is 1.00 bits per heavy atom. The van der Waals surface area contributed by atoms with Gasteiger partial charge in [-0.25, -0.2) is 0 Å². The molecule has 0 bridgehead atoms. The van der Waals surface area contributed by atoms with Crippen molar-refractivity contribution in [2.45, 2.75) is 17.0 Å². The minimum atomic E-state index is -3.07. The molecule has 0 atom stereocenters. The summed E-state index contributed by atoms with van der Waals surface area (Å²) in [4.78, 5) is 0. The average molecular weight is 290 g/mol. The van der Waals surface area contributed by atoms with Crippen molar-refractivity contribution in [3.63, 3.8) is 0 Å². The van der Waals surface area contributed by atoms with Crippen LogP contribution in [0.3, 0.4) is 0 Å². The highest BCUT2D eigenvalue weighted by Crippen LogP contribution is 2.72. The Morgan fingerprint density at radius 3 is 1.53 bits per heavy atom. The fourth-order valence-corrected chi connectivity index (χ4v) is 7.82. The van der Waals surface area contributed by atoms with Crippen LogP contribution in [0.4, 0.5) is 0 Å². The predicted molar refractivity (Wildman–Crippen MR) is 74.1 cm³/mol. The van der Waals surface area contributed by atoms with Crippen LogP contribution in [-0.2, 0) is 13.6 Å². The normalized spacial score (nSPS) is 13.1. The molecule has 0 unspecified atom stereocenters. The lowest BCUT2D eigenvalue weighted by molar-refractivity contribution is 0.221. The zero-order chi connectivity index (χ0) is 11.9. The molecule has 0 fully saturated rings. The molecular formula is C8H19O3PS3. The number of hydrogen-bond donors (Lipinski definition) is 0. The summed E-state index contributed by atoms with van der Waals surface area (Å²) in [6.45, 7) is 4.47. The molecular weight excluding hydrogens is 271 g/mol. The second kappa shape index (κ2) is 7.51. The second-order valence-electron chi connectivity index (χ2n) is 2.47. The lowest BCUT2D eigenvalue weighted by atomic mass is 10.9. The summed E-state index contributed by atoms with van der Waals surface area (Å²) in [5, 5.41) is 0. The number of thioether (sulfide) groups is 3. The van der Waals surface area contributed by atoms with E-state index in [1.807, 2.05) is 32.6 Å². The summed E-state index contributed by atoms with van der Waals surface area (Å²) in [5.74, 6) is 0. The summed E-state index contributed by atoms with van der Waals surface area (Å²) in [7, 11) is -3.07. The van der Waals surface area contributed by atoms with Crippen molar-refractivity contribution in [3.05, 3.63) is 0 Å². The van der Waals surface area contributed by atoms with Crippen molar-refractivity contribution in [1.29, 1.82) is 0 Å². The molecule has 0 aliphatic rings. The van der Waals surface area contributed by atoms with Gasteiger partial charge in [0.25, 0.3) is 0 Å². The Labute approximate surface area is 105 Å². The fraction of sp³-hybridized carbons (Fsp3) is 1.00. The van der Waals surface area contributed by atoms with E-state index in [9.17, 15) is 4.57 Å². The quantitative estimate of drug-likeness (QED) is 0.497. The van der Waals surface area contributed by atoms with Crippen molar-refractivity contribution in [3.8, 4) is 0 Å². The van der Waals surface area contributed by atoms with Crippen LogP contribution in [0.15, 0.2) is 0 Å². The topological polar surface area (TPSA) is 35.5 Å². The third kappa shape index (κ3) is 3.58. The smallest absolute Gasteiger partial charge is 0.307 e. The molecule has 0 aromatic carbocycles. The first-order valence-electron chi connectivity index (χ1n) is 4.60. The van der Waals surface area contributed by atoms with Crippen LogP contribution in [0, 0.1) is 0 Å². The average Bonchev–Trinajstić information content (AvgIpc) is 2.21. The molecule has 0 aliphatic carbocycles. The zero-order valence-electron chi connectivity index (χ0n) is 9.81. The highest BCUT2D eigenvalue weighted by Gasteiger charge is 2.50. The Morgan fingerprint density at radius 2 is 1.33 bits per heavy atom. The van der Waals surface area contributed by atoms with Crippen LogP contribution in [-0.4, -0.2) is 35.1 Å². The van der Waals surface area contributed by atoms with Crippen LogP contribution in [0.5, 0.6) is 0 Å². The molecule has 3 nitrogen and oxygen atoms in total. The summed E-state index contributed by atoms with van der Waals surface area (Å²) in [5.41, 5.74) is 0. The molecule has 0 aromatic heterocycles. The maximum absolute atomic E-state index is 12.6. The van der Waals surface area contributed by atoms with Gasteiger partial charge in [0.05, 0.1) is 13.2 Å². The number of rotatable bonds is 8. The molecule has 7 heteroatoms. The molecule has 0 heterocycles. The Balaban J connectivity index is 5.07. The predicted octanol–water partition coefficient (Wildman–Crippen LogP) is 3.95. The van der Waals surface area contributed by atoms with Crippen LogP contribution < -0.4 is 0 Å². The van der Waals surface area contributed by atoms with Gasteiger partial charge in [-0.2, -0.15) is 0 Å². The van der Waals surface area contributed by atoms with E-state index in [1.54, 1.807) is 0 Å². The number of hydrogen-bond acceptors (Lipinski definition) is 6. The van der Waals surface area contributed by atoms with E-state index in [2.05, 4.69) is 0 Å². The van der Waals surface area contributed by atoms with Gasteiger partial charge < -0.3 is 9.05 Å². The van der Waals surface area contributed by atoms with Gasteiger partial charge in [0.1, 0.15) is 0 Å². The summed E-state index contributed by atoms with van der Waals surface area (Å²) < 4.78 is 22.8. The molecule has 0 radical (unpaired) electrons. The van der Waals surface area contributed by atoms with Crippen molar-refractivity contribution < 1.29 is 13.6 Å². The third-order valence-electron chi connectivity index (χ3n) is 1.71. The van der Waals surface area contributed by atoms with E-state index >= 15 is 0 Å². The minimum absolute atomic E-state index is 0.403. The lowest BCUT2D eigenvalue weighted by Gasteiger charge is -2.34. The van der Waals surface area contributed by atoms with E-state index in [0.29, 0.717) is 13.2 Å². The van der Waals surface area contributed by atoms with E-state index in [1.165, 1.54) is 35.3 Å². The second-order valence-corrected chi connectivity index (χ2v) is 9.40. The van der Waals surface area contributed by atoms with Gasteiger partial charge in [-0.15, -0.1) is 35.3 Å². The Hall–Kier alpha value is 1.20. The molecule has 0 N–H and O–H groups in total. The monoisotopic (exact) mass is 290 g/mol. The van der Waals surface area contributed by atoms with E-state index < -0.39 is 10.7 Å². The van der Waals surface area contributed by atoms with Gasteiger partial charge in [0.15, 0.2) is 0 Å². The molecule has 0 saturated heterocycles. The summed E-state index contributed by atoms with van der Waals surface area (Å²) in [6, 6.07) is 0. The molecule has 0 spiro atoms. The molecule has 0 aromatic rings. The van der Waals surface area contributed by atoms with Crippen LogP contribution >= 0.6 is 42.9 Å². The Bertz CT molecular complexity index is 203. The van der Waals surface area contributed by atoms with Gasteiger partial charge >= 0.3 is 7.60 Å². The molecule has 0 aliphatic heterocycles. The van der Waals surface area contributed by atoms with Gasteiger partial charge in [-0.05, 0) is 32.6 Å². The van der Waals surface area contributed by atoms with E-state index in [-0.39, 0.29) is 0 Å². The van der Waals surface area contributed by atoms with Crippen LogP contribution in [0.1, 0.15) is 13.8 Å². The first kappa shape index (κ1) is 16.2. The zero-order valence-corrected chi connectivity index (χ0v) is 13.2. The Kier molecular flexibility index (Phi) is 8.11. The summed E-state index contributed by atoms with van der Waals surface area (Å²) in [6.07, 6.45) is 5.78. The van der Waals surface area contributed by atoms with Crippen molar-refractivity contribution in [2.24, 2.45) is 0 Å². The minimum Gasteiger partial charge on any atom is -0.307 e. The van der Waals surface area contributed by atoms with Crippen LogP contribution in [0.2, 0.25) is 0 Å². The lowest BCUT2D eigenvalue weighted by Crippen LogP contribution is -2.18. The fourth-order valence-electron chi connectivity index (χ4n) is 1.12. The first-order valence-corrected chi connectivity index (χ1v) is 9.82. The third-order valence-corrected chi connectivity index (χ3v) is 11.8. The highest BCUT2D eigenvalue weighted by atomic mass is 32.3.